The first kappa shape index (κ1) is 23.9. The lowest BCUT2D eigenvalue weighted by Gasteiger charge is -2.19. The molecule has 3 aromatic rings. The van der Waals surface area contributed by atoms with Crippen LogP contribution in [0.1, 0.15) is 6.92 Å². The van der Waals surface area contributed by atoms with Crippen LogP contribution in [0.25, 0.3) is 0 Å². The second kappa shape index (κ2) is 9.83. The zero-order valence-corrected chi connectivity index (χ0v) is 19.8. The molecule has 0 atom stereocenters. The van der Waals surface area contributed by atoms with Gasteiger partial charge in [-0.15, -0.1) is 0 Å². The van der Waals surface area contributed by atoms with E-state index in [0.29, 0.717) is 17.1 Å². The van der Waals surface area contributed by atoms with Gasteiger partial charge >= 0.3 is 0 Å². The van der Waals surface area contributed by atoms with Crippen molar-refractivity contribution < 1.29 is 19.0 Å². The van der Waals surface area contributed by atoms with Crippen LogP contribution in [0, 0.1) is 0 Å². The SMILES string of the molecule is COc1c(Oc2c(Cl)cc(N)cc2Cl)cc(NC(C)=O)cc1Oc1c(Cl)cc(N)cc1Cl. The molecular formula is C21H17Cl4N3O4. The Bertz CT molecular complexity index is 1080. The molecule has 32 heavy (non-hydrogen) atoms. The fourth-order valence-electron chi connectivity index (χ4n) is 2.78. The quantitative estimate of drug-likeness (QED) is 0.304. The zero-order valence-electron chi connectivity index (χ0n) is 16.8. The molecule has 3 rings (SSSR count). The minimum absolute atomic E-state index is 0.135. The molecule has 0 heterocycles. The summed E-state index contributed by atoms with van der Waals surface area (Å²) >= 11 is 25.0. The summed E-state index contributed by atoms with van der Waals surface area (Å²) in [5.41, 5.74) is 12.6. The maximum absolute atomic E-state index is 11.7. The van der Waals surface area contributed by atoms with Crippen molar-refractivity contribution in [3.63, 3.8) is 0 Å². The molecule has 0 aliphatic heterocycles. The van der Waals surface area contributed by atoms with Gasteiger partial charge in [0, 0.05) is 36.1 Å². The molecule has 1 amide bonds. The molecule has 0 saturated heterocycles. The van der Waals surface area contributed by atoms with E-state index in [4.69, 9.17) is 72.1 Å². The summed E-state index contributed by atoms with van der Waals surface area (Å²) in [4.78, 5) is 11.7. The number of ether oxygens (including phenoxy) is 3. The molecule has 0 aliphatic carbocycles. The van der Waals surface area contributed by atoms with Crippen molar-refractivity contribution in [1.82, 2.24) is 0 Å². The third-order valence-corrected chi connectivity index (χ3v) is 5.13. The van der Waals surface area contributed by atoms with Crippen molar-refractivity contribution in [3.8, 4) is 28.7 Å². The van der Waals surface area contributed by atoms with Crippen LogP contribution in [0.3, 0.4) is 0 Å². The fourth-order valence-corrected chi connectivity index (χ4v) is 3.94. The van der Waals surface area contributed by atoms with Gasteiger partial charge in [0.05, 0.1) is 27.2 Å². The van der Waals surface area contributed by atoms with Gasteiger partial charge in [0.25, 0.3) is 0 Å². The lowest BCUT2D eigenvalue weighted by Crippen LogP contribution is -2.07. The summed E-state index contributed by atoms with van der Waals surface area (Å²) in [6, 6.07) is 8.97. The minimum atomic E-state index is -0.320. The van der Waals surface area contributed by atoms with E-state index in [-0.39, 0.29) is 54.7 Å². The van der Waals surface area contributed by atoms with Crippen LogP contribution < -0.4 is 31.0 Å². The second-order valence-electron chi connectivity index (χ2n) is 6.52. The molecule has 11 heteroatoms. The van der Waals surface area contributed by atoms with E-state index < -0.39 is 0 Å². The van der Waals surface area contributed by atoms with E-state index in [9.17, 15) is 4.79 Å². The highest BCUT2D eigenvalue weighted by Gasteiger charge is 2.21. The van der Waals surface area contributed by atoms with E-state index in [1.165, 1.54) is 50.4 Å². The third kappa shape index (κ3) is 5.37. The van der Waals surface area contributed by atoms with Crippen LogP contribution in [0.5, 0.6) is 28.7 Å². The van der Waals surface area contributed by atoms with Gasteiger partial charge in [-0.2, -0.15) is 0 Å². The summed E-state index contributed by atoms with van der Waals surface area (Å²) in [6.45, 7) is 1.35. The number of hydrogen-bond acceptors (Lipinski definition) is 6. The van der Waals surface area contributed by atoms with Crippen LogP contribution in [-0.2, 0) is 4.79 Å². The Morgan fingerprint density at radius 2 is 1.12 bits per heavy atom. The van der Waals surface area contributed by atoms with Crippen molar-refractivity contribution in [1.29, 1.82) is 0 Å². The average molecular weight is 517 g/mol. The van der Waals surface area contributed by atoms with Crippen LogP contribution in [0.4, 0.5) is 17.1 Å². The number of nitrogens with two attached hydrogens (primary N) is 2. The third-order valence-electron chi connectivity index (χ3n) is 4.01. The first-order chi connectivity index (χ1) is 15.1. The van der Waals surface area contributed by atoms with Gasteiger partial charge in [0.1, 0.15) is 0 Å². The topological polar surface area (TPSA) is 109 Å². The molecule has 3 aromatic carbocycles. The molecule has 0 fully saturated rings. The van der Waals surface area contributed by atoms with Crippen molar-refractivity contribution >= 4 is 69.4 Å². The van der Waals surface area contributed by atoms with Gasteiger partial charge in [-0.1, -0.05) is 46.4 Å². The maximum atomic E-state index is 11.7. The molecule has 0 saturated carbocycles. The summed E-state index contributed by atoms with van der Waals surface area (Å²) in [6.07, 6.45) is 0. The van der Waals surface area contributed by atoms with Crippen molar-refractivity contribution in [2.75, 3.05) is 23.9 Å². The number of benzene rings is 3. The van der Waals surface area contributed by atoms with Gasteiger partial charge in [0.15, 0.2) is 23.0 Å². The number of carbonyl (C=O) groups is 1. The highest BCUT2D eigenvalue weighted by Crippen LogP contribution is 2.48. The fraction of sp³-hybridized carbons (Fsp3) is 0.0952. The zero-order chi connectivity index (χ0) is 23.6. The Kier molecular flexibility index (Phi) is 7.36. The number of amides is 1. The summed E-state index contributed by atoms with van der Waals surface area (Å²) in [7, 11) is 1.41. The monoisotopic (exact) mass is 515 g/mol. The highest BCUT2D eigenvalue weighted by molar-refractivity contribution is 6.38. The van der Waals surface area contributed by atoms with E-state index in [0.717, 1.165) is 0 Å². The molecule has 0 unspecified atom stereocenters. The summed E-state index contributed by atoms with van der Waals surface area (Å²) in [5, 5.41) is 3.36. The van der Waals surface area contributed by atoms with Gasteiger partial charge < -0.3 is 31.0 Å². The predicted octanol–water partition coefficient (Wildman–Crippen LogP) is 7.02. The molecule has 0 aromatic heterocycles. The summed E-state index contributed by atoms with van der Waals surface area (Å²) in [5.74, 6) is 0.395. The average Bonchev–Trinajstić information content (AvgIpc) is 2.66. The lowest BCUT2D eigenvalue weighted by molar-refractivity contribution is -0.114. The molecular weight excluding hydrogens is 500 g/mol. The van der Waals surface area contributed by atoms with E-state index in [1.54, 1.807) is 0 Å². The van der Waals surface area contributed by atoms with E-state index >= 15 is 0 Å². The van der Waals surface area contributed by atoms with Crippen LogP contribution >= 0.6 is 46.4 Å². The molecule has 5 N–H and O–H groups in total. The van der Waals surface area contributed by atoms with Gasteiger partial charge in [-0.3, -0.25) is 4.79 Å². The largest absolute Gasteiger partial charge is 0.490 e. The smallest absolute Gasteiger partial charge is 0.221 e. The Morgan fingerprint density at radius 3 is 1.44 bits per heavy atom. The Labute approximate surface area is 204 Å². The standard InChI is InChI=1S/C21H17Cl4N3O4/c1-9(29)28-12-7-17(31-19-13(22)3-10(26)4-14(19)23)21(30-2)18(8-12)32-20-15(24)5-11(27)6-16(20)25/h3-8H,26-27H2,1-2H3,(H,28,29). The molecule has 0 spiro atoms. The predicted molar refractivity (Wildman–Crippen MR) is 129 cm³/mol. The first-order valence-corrected chi connectivity index (χ1v) is 10.4. The van der Waals surface area contributed by atoms with Crippen LogP contribution in [0.15, 0.2) is 36.4 Å². The van der Waals surface area contributed by atoms with Crippen molar-refractivity contribution in [2.45, 2.75) is 6.92 Å². The molecule has 7 nitrogen and oxygen atoms in total. The normalized spacial score (nSPS) is 10.6. The van der Waals surface area contributed by atoms with E-state index in [2.05, 4.69) is 5.32 Å². The number of nitrogen functional groups attached to an aromatic ring is 2. The number of halogens is 4. The number of nitrogens with one attached hydrogen (secondary N) is 1. The molecule has 0 aliphatic rings. The second-order valence-corrected chi connectivity index (χ2v) is 8.15. The molecule has 168 valence electrons. The number of methoxy groups -OCH3 is 1. The Hall–Kier alpha value is -2.71. The van der Waals surface area contributed by atoms with Crippen molar-refractivity contribution in [3.05, 3.63) is 56.5 Å². The highest BCUT2D eigenvalue weighted by atomic mass is 35.5. The van der Waals surface area contributed by atoms with Gasteiger partial charge in [0.2, 0.25) is 11.7 Å². The van der Waals surface area contributed by atoms with Crippen LogP contribution in [-0.4, -0.2) is 13.0 Å². The molecule has 0 bridgehead atoms. The number of rotatable bonds is 6. The van der Waals surface area contributed by atoms with Crippen LogP contribution in [0.2, 0.25) is 20.1 Å². The Morgan fingerprint density at radius 1 is 0.750 bits per heavy atom. The molecule has 0 radical (unpaired) electrons. The number of anilines is 3. The minimum Gasteiger partial charge on any atom is -0.490 e. The number of hydrogen-bond donors (Lipinski definition) is 3. The van der Waals surface area contributed by atoms with E-state index in [1.807, 2.05) is 0 Å². The number of carbonyl (C=O) groups excluding carboxylic acids is 1. The van der Waals surface area contributed by atoms with Crippen molar-refractivity contribution in [2.24, 2.45) is 0 Å². The first-order valence-electron chi connectivity index (χ1n) is 8.93. The summed E-state index contributed by atoms with van der Waals surface area (Å²) < 4.78 is 17.4. The van der Waals surface area contributed by atoms with Gasteiger partial charge in [-0.25, -0.2) is 0 Å². The maximum Gasteiger partial charge on any atom is 0.221 e. The lowest BCUT2D eigenvalue weighted by atomic mass is 10.2. The van der Waals surface area contributed by atoms with Gasteiger partial charge in [-0.05, 0) is 24.3 Å². The Balaban J connectivity index is 2.15.